The van der Waals surface area contributed by atoms with Crippen LogP contribution in [0.25, 0.3) is 0 Å². The van der Waals surface area contributed by atoms with Gasteiger partial charge in [0.25, 0.3) is 0 Å². The summed E-state index contributed by atoms with van der Waals surface area (Å²) in [4.78, 5) is 24.2. The molecule has 2 amide bonds. The smallest absolute Gasteiger partial charge is 0.243 e. The predicted molar refractivity (Wildman–Crippen MR) is 89.1 cm³/mol. The Morgan fingerprint density at radius 2 is 1.91 bits per heavy atom. The van der Waals surface area contributed by atoms with E-state index in [0.29, 0.717) is 12.8 Å². The molecule has 1 aliphatic heterocycles. The molecule has 5 nitrogen and oxygen atoms in total. The Kier molecular flexibility index (Phi) is 4.74. The number of aryl methyl sites for hydroxylation is 1. The van der Waals surface area contributed by atoms with Crippen molar-refractivity contribution in [2.45, 2.75) is 51.5 Å². The van der Waals surface area contributed by atoms with E-state index in [1.165, 1.54) is 23.4 Å². The van der Waals surface area contributed by atoms with Crippen LogP contribution in [-0.2, 0) is 9.59 Å². The Balaban J connectivity index is 1.67. The van der Waals surface area contributed by atoms with Crippen molar-refractivity contribution in [3.63, 3.8) is 0 Å². The highest BCUT2D eigenvalue weighted by Gasteiger charge is 2.25. The molecule has 3 rings (SSSR count). The number of rotatable bonds is 4. The Bertz CT molecular complexity index is 616. The summed E-state index contributed by atoms with van der Waals surface area (Å²) in [6, 6.07) is 8.36. The predicted octanol–water partition coefficient (Wildman–Crippen LogP) is 2.38. The Labute approximate surface area is 136 Å². The second kappa shape index (κ2) is 6.94. The first-order valence-electron chi connectivity index (χ1n) is 8.36. The SMILES string of the molecule is Cc1ccc(C2=NN(CC(=O)NC3CCCC3)C(=O)CC2)cc1. The lowest BCUT2D eigenvalue weighted by molar-refractivity contribution is -0.136. The molecule has 0 radical (unpaired) electrons. The van der Waals surface area contributed by atoms with Gasteiger partial charge in [-0.25, -0.2) is 5.01 Å². The van der Waals surface area contributed by atoms with Gasteiger partial charge in [0, 0.05) is 18.9 Å². The lowest BCUT2D eigenvalue weighted by atomic mass is 10.0. The average molecular weight is 313 g/mol. The fraction of sp³-hybridized carbons (Fsp3) is 0.500. The van der Waals surface area contributed by atoms with Gasteiger partial charge in [0.05, 0.1) is 5.71 Å². The topological polar surface area (TPSA) is 61.8 Å². The molecule has 1 aromatic carbocycles. The molecule has 0 atom stereocenters. The zero-order chi connectivity index (χ0) is 16.2. The molecular weight excluding hydrogens is 290 g/mol. The normalized spacial score (nSPS) is 18.9. The van der Waals surface area contributed by atoms with Crippen LogP contribution in [-0.4, -0.2) is 35.1 Å². The van der Waals surface area contributed by atoms with Gasteiger partial charge < -0.3 is 5.32 Å². The minimum absolute atomic E-state index is 0.0185. The Morgan fingerprint density at radius 1 is 1.22 bits per heavy atom. The van der Waals surface area contributed by atoms with Gasteiger partial charge >= 0.3 is 0 Å². The van der Waals surface area contributed by atoms with E-state index in [1.807, 2.05) is 31.2 Å². The van der Waals surface area contributed by atoms with Crippen molar-refractivity contribution in [3.8, 4) is 0 Å². The van der Waals surface area contributed by atoms with Crippen LogP contribution in [0.15, 0.2) is 29.4 Å². The molecule has 23 heavy (non-hydrogen) atoms. The van der Waals surface area contributed by atoms with Gasteiger partial charge in [-0.1, -0.05) is 42.7 Å². The zero-order valence-electron chi connectivity index (χ0n) is 13.5. The van der Waals surface area contributed by atoms with E-state index in [1.54, 1.807) is 0 Å². The molecular formula is C18H23N3O2. The monoisotopic (exact) mass is 313 g/mol. The summed E-state index contributed by atoms with van der Waals surface area (Å²) in [7, 11) is 0. The van der Waals surface area contributed by atoms with Crippen LogP contribution in [0.5, 0.6) is 0 Å². The molecule has 0 bridgehead atoms. The second-order valence-corrected chi connectivity index (χ2v) is 6.41. The minimum Gasteiger partial charge on any atom is -0.352 e. The minimum atomic E-state index is -0.112. The summed E-state index contributed by atoms with van der Waals surface area (Å²) >= 11 is 0. The van der Waals surface area contributed by atoms with Crippen LogP contribution in [0.1, 0.15) is 49.7 Å². The Hall–Kier alpha value is -2.17. The lowest BCUT2D eigenvalue weighted by Gasteiger charge is -2.24. The van der Waals surface area contributed by atoms with Gasteiger partial charge in [-0.15, -0.1) is 0 Å². The van der Waals surface area contributed by atoms with Gasteiger partial charge in [-0.05, 0) is 25.3 Å². The molecule has 122 valence electrons. The maximum absolute atomic E-state index is 12.1. The van der Waals surface area contributed by atoms with Crippen molar-refractivity contribution in [2.75, 3.05) is 6.54 Å². The van der Waals surface area contributed by atoms with Crippen molar-refractivity contribution in [2.24, 2.45) is 5.10 Å². The van der Waals surface area contributed by atoms with E-state index in [-0.39, 0.29) is 24.4 Å². The number of hydrogen-bond acceptors (Lipinski definition) is 3. The molecule has 0 saturated heterocycles. The number of hydrogen-bond donors (Lipinski definition) is 1. The quantitative estimate of drug-likeness (QED) is 0.927. The second-order valence-electron chi connectivity index (χ2n) is 6.41. The van der Waals surface area contributed by atoms with Crippen molar-refractivity contribution >= 4 is 17.5 Å². The lowest BCUT2D eigenvalue weighted by Crippen LogP contribution is -2.43. The number of nitrogens with zero attached hydrogens (tertiary/aromatic N) is 2. The third-order valence-electron chi connectivity index (χ3n) is 4.50. The standard InChI is InChI=1S/C18H23N3O2/c1-13-6-8-14(9-7-13)16-10-11-18(23)21(20-16)12-17(22)19-15-4-2-3-5-15/h6-9,15H,2-5,10-12H2,1H3,(H,19,22). The van der Waals surface area contributed by atoms with E-state index >= 15 is 0 Å². The largest absolute Gasteiger partial charge is 0.352 e. The van der Waals surface area contributed by atoms with Gasteiger partial charge in [-0.2, -0.15) is 5.10 Å². The maximum atomic E-state index is 12.1. The highest BCUT2D eigenvalue weighted by molar-refractivity contribution is 6.04. The van der Waals surface area contributed by atoms with Crippen LogP contribution in [0, 0.1) is 6.92 Å². The van der Waals surface area contributed by atoms with Crippen molar-refractivity contribution in [3.05, 3.63) is 35.4 Å². The van der Waals surface area contributed by atoms with Crippen molar-refractivity contribution in [1.82, 2.24) is 10.3 Å². The maximum Gasteiger partial charge on any atom is 0.243 e. The zero-order valence-corrected chi connectivity index (χ0v) is 13.5. The first-order valence-corrected chi connectivity index (χ1v) is 8.36. The van der Waals surface area contributed by atoms with Gasteiger partial charge in [0.2, 0.25) is 11.8 Å². The van der Waals surface area contributed by atoms with Crippen molar-refractivity contribution < 1.29 is 9.59 Å². The molecule has 0 unspecified atom stereocenters. The fourth-order valence-corrected chi connectivity index (χ4v) is 3.16. The third kappa shape index (κ3) is 3.97. The molecule has 1 aliphatic carbocycles. The molecule has 5 heteroatoms. The summed E-state index contributed by atoms with van der Waals surface area (Å²) in [6.07, 6.45) is 5.45. The molecule has 1 aromatic rings. The van der Waals surface area contributed by atoms with E-state index in [2.05, 4.69) is 10.4 Å². The van der Waals surface area contributed by atoms with E-state index in [4.69, 9.17) is 0 Å². The van der Waals surface area contributed by atoms with Gasteiger partial charge in [-0.3, -0.25) is 9.59 Å². The summed E-state index contributed by atoms with van der Waals surface area (Å²) in [5.74, 6) is -0.193. The first kappa shape index (κ1) is 15.7. The average Bonchev–Trinajstić information content (AvgIpc) is 3.03. The number of benzene rings is 1. The summed E-state index contributed by atoms with van der Waals surface area (Å²) in [5, 5.41) is 8.75. The van der Waals surface area contributed by atoms with E-state index in [0.717, 1.165) is 24.1 Å². The van der Waals surface area contributed by atoms with Crippen LogP contribution in [0.2, 0.25) is 0 Å². The van der Waals surface area contributed by atoms with E-state index in [9.17, 15) is 9.59 Å². The number of amides is 2. The number of nitrogens with one attached hydrogen (secondary N) is 1. The molecule has 1 heterocycles. The van der Waals surface area contributed by atoms with Crippen molar-refractivity contribution in [1.29, 1.82) is 0 Å². The number of carbonyl (C=O) groups is 2. The van der Waals surface area contributed by atoms with Crippen LogP contribution in [0.3, 0.4) is 0 Å². The molecule has 0 spiro atoms. The highest BCUT2D eigenvalue weighted by atomic mass is 16.2. The van der Waals surface area contributed by atoms with Gasteiger partial charge in [0.15, 0.2) is 0 Å². The van der Waals surface area contributed by atoms with Crippen LogP contribution in [0.4, 0.5) is 0 Å². The highest BCUT2D eigenvalue weighted by Crippen LogP contribution is 2.18. The summed E-state index contributed by atoms with van der Waals surface area (Å²) in [6.45, 7) is 2.06. The third-order valence-corrected chi connectivity index (χ3v) is 4.50. The van der Waals surface area contributed by atoms with E-state index < -0.39 is 0 Å². The molecule has 1 saturated carbocycles. The fourth-order valence-electron chi connectivity index (χ4n) is 3.16. The van der Waals surface area contributed by atoms with Crippen LogP contribution >= 0.6 is 0 Å². The number of hydrazone groups is 1. The van der Waals surface area contributed by atoms with Crippen LogP contribution < -0.4 is 5.32 Å². The summed E-state index contributed by atoms with van der Waals surface area (Å²) in [5.41, 5.74) is 3.08. The van der Waals surface area contributed by atoms with Gasteiger partial charge in [0.1, 0.15) is 6.54 Å². The number of carbonyl (C=O) groups excluding carboxylic acids is 2. The molecule has 2 aliphatic rings. The summed E-state index contributed by atoms with van der Waals surface area (Å²) < 4.78 is 0. The molecule has 1 N–H and O–H groups in total. The Morgan fingerprint density at radius 3 is 2.61 bits per heavy atom. The molecule has 1 fully saturated rings. The molecule has 0 aromatic heterocycles. The first-order chi connectivity index (χ1) is 11.1.